The zero-order valence-electron chi connectivity index (χ0n) is 25.2. The summed E-state index contributed by atoms with van der Waals surface area (Å²) in [6.07, 6.45) is 0. The fraction of sp³-hybridized carbons (Fsp3) is 0.0857. The zero-order valence-corrected chi connectivity index (χ0v) is 25.2. The normalized spacial score (nSPS) is 10.6. The second-order valence-electron chi connectivity index (χ2n) is 10.1. The molecule has 0 aliphatic heterocycles. The van der Waals surface area contributed by atoms with Crippen molar-refractivity contribution in [1.82, 2.24) is 0 Å². The number of carboxylic acid groups (broad SMARTS) is 1. The topological polar surface area (TPSA) is 173 Å². The van der Waals surface area contributed by atoms with Gasteiger partial charge in [-0.1, -0.05) is 24.3 Å². The summed E-state index contributed by atoms with van der Waals surface area (Å²) in [5.74, 6) is -0.196. The van der Waals surface area contributed by atoms with Crippen LogP contribution in [0.5, 0.6) is 34.5 Å². The molecule has 5 aromatic carbocycles. The van der Waals surface area contributed by atoms with Gasteiger partial charge in [0.15, 0.2) is 11.3 Å². The van der Waals surface area contributed by atoms with Gasteiger partial charge in [-0.05, 0) is 102 Å². The third-order valence-electron chi connectivity index (χ3n) is 6.91. The van der Waals surface area contributed by atoms with Crippen LogP contribution < -0.4 is 19.1 Å². The lowest BCUT2D eigenvalue weighted by Gasteiger charge is -2.12. The standard InChI is InChI=1S/C35H27NO12/c1-22-4-2-5-23(20-43-42)31(22)21-44-48-29-18-16-27(17-19-29)46-25-10-8-24(9-11-25)45-26-12-14-28(15-13-26)47-35(39)33-30(34(37)38)6-3-7-32(33)36(40)41/h2-19,42H,20-21H2,1H3,(H,37,38). The molecule has 5 aromatic rings. The van der Waals surface area contributed by atoms with Crippen molar-refractivity contribution in [3.63, 3.8) is 0 Å². The van der Waals surface area contributed by atoms with E-state index in [4.69, 9.17) is 29.2 Å². The highest BCUT2D eigenvalue weighted by Crippen LogP contribution is 2.30. The number of hydrogen-bond acceptors (Lipinski definition) is 11. The average Bonchev–Trinajstić information content (AvgIpc) is 3.08. The highest BCUT2D eigenvalue weighted by molar-refractivity contribution is 6.06. The van der Waals surface area contributed by atoms with Crippen molar-refractivity contribution in [2.75, 3.05) is 0 Å². The van der Waals surface area contributed by atoms with E-state index in [-0.39, 0.29) is 19.0 Å². The van der Waals surface area contributed by atoms with E-state index < -0.39 is 33.7 Å². The molecule has 0 fully saturated rings. The number of carboxylic acids is 1. The maximum absolute atomic E-state index is 12.7. The number of ether oxygens (including phenoxy) is 3. The number of nitrogens with zero attached hydrogens (tertiary/aromatic N) is 1. The summed E-state index contributed by atoms with van der Waals surface area (Å²) in [6.45, 7) is 2.13. The lowest BCUT2D eigenvalue weighted by molar-refractivity contribution is -0.385. The fourth-order valence-electron chi connectivity index (χ4n) is 4.56. The van der Waals surface area contributed by atoms with E-state index in [9.17, 15) is 24.8 Å². The SMILES string of the molecule is Cc1cccc(COO)c1COOc1ccc(Oc2ccc(Oc3ccc(OC(=O)c4c(C(=O)O)cccc4[N+](=O)[O-])cc3)cc2)cc1. The van der Waals surface area contributed by atoms with Crippen molar-refractivity contribution in [1.29, 1.82) is 0 Å². The van der Waals surface area contributed by atoms with Crippen LogP contribution in [0.25, 0.3) is 0 Å². The van der Waals surface area contributed by atoms with Crippen molar-refractivity contribution in [2.45, 2.75) is 20.1 Å². The Morgan fingerprint density at radius 2 is 1.23 bits per heavy atom. The Morgan fingerprint density at radius 3 is 1.75 bits per heavy atom. The Bertz CT molecular complexity index is 1870. The van der Waals surface area contributed by atoms with Gasteiger partial charge >= 0.3 is 11.9 Å². The van der Waals surface area contributed by atoms with Crippen LogP contribution >= 0.6 is 0 Å². The smallest absolute Gasteiger partial charge is 0.351 e. The molecule has 0 heterocycles. The summed E-state index contributed by atoms with van der Waals surface area (Å²) >= 11 is 0. The molecule has 0 unspecified atom stereocenters. The summed E-state index contributed by atoms with van der Waals surface area (Å²) < 4.78 is 16.9. The van der Waals surface area contributed by atoms with Gasteiger partial charge in [0.05, 0.1) is 10.5 Å². The Labute approximate surface area is 273 Å². The molecule has 0 aliphatic rings. The van der Waals surface area contributed by atoms with Crippen LogP contribution in [0.4, 0.5) is 5.69 Å². The number of aromatic carboxylic acids is 1. The maximum Gasteiger partial charge on any atom is 0.351 e. The Morgan fingerprint density at radius 1 is 0.708 bits per heavy atom. The van der Waals surface area contributed by atoms with Crippen LogP contribution in [0.3, 0.4) is 0 Å². The van der Waals surface area contributed by atoms with Gasteiger partial charge in [-0.25, -0.2) is 14.5 Å². The summed E-state index contributed by atoms with van der Waals surface area (Å²) in [4.78, 5) is 49.8. The van der Waals surface area contributed by atoms with Gasteiger partial charge < -0.3 is 24.2 Å². The lowest BCUT2D eigenvalue weighted by Crippen LogP contribution is -2.16. The molecule has 2 N–H and O–H groups in total. The van der Waals surface area contributed by atoms with Gasteiger partial charge in [-0.3, -0.25) is 15.4 Å². The van der Waals surface area contributed by atoms with Crippen LogP contribution in [-0.4, -0.2) is 27.2 Å². The Kier molecular flexibility index (Phi) is 10.6. The molecule has 0 spiro atoms. The van der Waals surface area contributed by atoms with Gasteiger partial charge in [0.2, 0.25) is 0 Å². The van der Waals surface area contributed by atoms with E-state index in [0.717, 1.165) is 28.8 Å². The number of esters is 1. The predicted molar refractivity (Wildman–Crippen MR) is 169 cm³/mol. The molecule has 0 atom stereocenters. The summed E-state index contributed by atoms with van der Waals surface area (Å²) in [6, 6.07) is 28.4. The minimum absolute atomic E-state index is 0.0298. The minimum Gasteiger partial charge on any atom is -0.478 e. The van der Waals surface area contributed by atoms with Crippen LogP contribution in [-0.2, 0) is 23.0 Å². The van der Waals surface area contributed by atoms with Gasteiger partial charge in [-0.15, -0.1) is 0 Å². The molecular weight excluding hydrogens is 626 g/mol. The van der Waals surface area contributed by atoms with Crippen molar-refractivity contribution in [3.05, 3.63) is 147 Å². The second-order valence-corrected chi connectivity index (χ2v) is 10.1. The molecular formula is C35H27NO12. The van der Waals surface area contributed by atoms with Gasteiger partial charge in [0.25, 0.3) is 5.69 Å². The molecule has 48 heavy (non-hydrogen) atoms. The molecule has 244 valence electrons. The van der Waals surface area contributed by atoms with Gasteiger partial charge in [0, 0.05) is 6.07 Å². The van der Waals surface area contributed by atoms with Crippen LogP contribution in [0.2, 0.25) is 0 Å². The lowest BCUT2D eigenvalue weighted by atomic mass is 10.0. The average molecular weight is 654 g/mol. The number of hydrogen-bond donors (Lipinski definition) is 2. The largest absolute Gasteiger partial charge is 0.478 e. The second kappa shape index (κ2) is 15.3. The van der Waals surface area contributed by atoms with E-state index in [2.05, 4.69) is 4.89 Å². The van der Waals surface area contributed by atoms with Gasteiger partial charge in [0.1, 0.15) is 42.0 Å². The van der Waals surface area contributed by atoms with E-state index >= 15 is 0 Å². The molecule has 0 aromatic heterocycles. The summed E-state index contributed by atoms with van der Waals surface area (Å²) in [5.41, 5.74) is 0.740. The van der Waals surface area contributed by atoms with E-state index in [1.165, 1.54) is 30.3 Å². The fourth-order valence-corrected chi connectivity index (χ4v) is 4.56. The first-order chi connectivity index (χ1) is 23.2. The molecule has 0 amide bonds. The summed E-state index contributed by atoms with van der Waals surface area (Å²) in [7, 11) is 0. The third-order valence-corrected chi connectivity index (χ3v) is 6.91. The predicted octanol–water partition coefficient (Wildman–Crippen LogP) is 7.91. The minimum atomic E-state index is -1.50. The highest BCUT2D eigenvalue weighted by atomic mass is 17.2. The molecule has 13 nitrogen and oxygen atoms in total. The molecule has 13 heteroatoms. The first kappa shape index (κ1) is 33.1. The highest BCUT2D eigenvalue weighted by Gasteiger charge is 2.28. The van der Waals surface area contributed by atoms with Gasteiger partial charge in [-0.2, -0.15) is 4.89 Å². The number of nitro benzene ring substituents is 1. The Hall–Kier alpha value is -6.28. The molecule has 0 radical (unpaired) electrons. The quantitative estimate of drug-likeness (QED) is 0.0390. The Balaban J connectivity index is 1.13. The van der Waals surface area contributed by atoms with Crippen LogP contribution in [0.15, 0.2) is 109 Å². The molecule has 0 aliphatic carbocycles. The number of rotatable bonds is 14. The van der Waals surface area contributed by atoms with Crippen molar-refractivity contribution >= 4 is 17.6 Å². The van der Waals surface area contributed by atoms with E-state index in [1.54, 1.807) is 48.5 Å². The van der Waals surface area contributed by atoms with Crippen molar-refractivity contribution < 1.29 is 53.7 Å². The first-order valence-corrected chi connectivity index (χ1v) is 14.2. The van der Waals surface area contributed by atoms with E-state index in [0.29, 0.717) is 28.7 Å². The summed E-state index contributed by atoms with van der Waals surface area (Å²) in [5, 5.41) is 29.5. The number of nitro groups is 1. The molecule has 0 saturated heterocycles. The van der Waals surface area contributed by atoms with Crippen molar-refractivity contribution in [2.24, 2.45) is 0 Å². The van der Waals surface area contributed by atoms with E-state index in [1.807, 2.05) is 25.1 Å². The number of aryl methyl sites for hydroxylation is 1. The maximum atomic E-state index is 12.7. The van der Waals surface area contributed by atoms with Crippen molar-refractivity contribution in [3.8, 4) is 34.5 Å². The molecule has 0 bridgehead atoms. The van der Waals surface area contributed by atoms with Crippen LogP contribution in [0.1, 0.15) is 37.4 Å². The number of carbonyl (C=O) groups excluding carboxylic acids is 1. The number of carbonyl (C=O) groups is 2. The molecule has 5 rings (SSSR count). The molecule has 0 saturated carbocycles. The number of benzene rings is 5. The first-order valence-electron chi connectivity index (χ1n) is 14.2. The monoisotopic (exact) mass is 653 g/mol. The third kappa shape index (κ3) is 8.30. The zero-order chi connectivity index (χ0) is 34.0. The van der Waals surface area contributed by atoms with Crippen LogP contribution in [0, 0.1) is 17.0 Å².